The predicted octanol–water partition coefficient (Wildman–Crippen LogP) is 1.08. The maximum atomic E-state index is 12.3. The molecule has 0 bridgehead atoms. The third kappa shape index (κ3) is 2.20. The first-order chi connectivity index (χ1) is 8.03. The maximum absolute atomic E-state index is 12.3. The fourth-order valence-corrected chi connectivity index (χ4v) is 3.84. The zero-order chi connectivity index (χ0) is 12.5. The zero-order valence-corrected chi connectivity index (χ0v) is 10.5. The van der Waals surface area contributed by atoms with Crippen LogP contribution >= 0.6 is 0 Å². The lowest BCUT2D eigenvalue weighted by Crippen LogP contribution is -2.45. The van der Waals surface area contributed by atoms with E-state index in [0.29, 0.717) is 13.0 Å². The van der Waals surface area contributed by atoms with E-state index in [9.17, 15) is 13.2 Å². The minimum absolute atomic E-state index is 0.230. The van der Waals surface area contributed by atoms with E-state index in [-0.39, 0.29) is 10.8 Å². The highest BCUT2D eigenvalue weighted by molar-refractivity contribution is 7.92. The molecule has 0 spiro atoms. The van der Waals surface area contributed by atoms with Gasteiger partial charge in [0.1, 0.15) is 5.25 Å². The predicted molar refractivity (Wildman–Crippen MR) is 64.3 cm³/mol. The van der Waals surface area contributed by atoms with Crippen LogP contribution < -0.4 is 0 Å². The summed E-state index contributed by atoms with van der Waals surface area (Å²) in [5, 5.41) is -0.913. The molecule has 1 aliphatic heterocycles. The van der Waals surface area contributed by atoms with E-state index >= 15 is 0 Å². The fraction of sp³-hybridized carbons (Fsp3) is 0.417. The van der Waals surface area contributed by atoms with Crippen molar-refractivity contribution in [1.29, 1.82) is 0 Å². The Balaban J connectivity index is 2.36. The number of amides is 1. The number of hydrogen-bond acceptors (Lipinski definition) is 3. The number of likely N-dealkylation sites (tertiary alicyclic amines) is 1. The van der Waals surface area contributed by atoms with Crippen molar-refractivity contribution in [1.82, 2.24) is 4.90 Å². The smallest absolute Gasteiger partial charge is 0.241 e. The first-order valence-electron chi connectivity index (χ1n) is 5.57. The van der Waals surface area contributed by atoms with Gasteiger partial charge in [0.2, 0.25) is 5.91 Å². The number of nitrogens with zero attached hydrogens (tertiary/aromatic N) is 1. The summed E-state index contributed by atoms with van der Waals surface area (Å²) in [6.07, 6.45) is 1.15. The summed E-state index contributed by atoms with van der Waals surface area (Å²) in [7, 11) is -1.89. The average Bonchev–Trinajstić information content (AvgIpc) is 2.33. The molecule has 1 aromatic rings. The second-order valence-electron chi connectivity index (χ2n) is 4.25. The molecule has 0 unspecified atom stereocenters. The maximum Gasteiger partial charge on any atom is 0.241 e. The Morgan fingerprint density at radius 3 is 2.53 bits per heavy atom. The van der Waals surface area contributed by atoms with Crippen molar-refractivity contribution < 1.29 is 13.2 Å². The third-order valence-electron chi connectivity index (χ3n) is 3.06. The lowest BCUT2D eigenvalue weighted by Gasteiger charge is -2.28. The van der Waals surface area contributed by atoms with Gasteiger partial charge in [0.25, 0.3) is 0 Å². The average molecular weight is 253 g/mol. The number of piperidine rings is 1. The molecular formula is C12H15NO3S. The molecule has 1 heterocycles. The molecule has 0 saturated carbocycles. The first-order valence-corrected chi connectivity index (χ1v) is 7.12. The highest BCUT2D eigenvalue weighted by Gasteiger charge is 2.37. The van der Waals surface area contributed by atoms with Gasteiger partial charge in [0.15, 0.2) is 9.84 Å². The van der Waals surface area contributed by atoms with Gasteiger partial charge in [0.05, 0.1) is 4.90 Å². The van der Waals surface area contributed by atoms with Gasteiger partial charge in [-0.1, -0.05) is 18.2 Å². The van der Waals surface area contributed by atoms with Crippen LogP contribution in [0.5, 0.6) is 0 Å². The molecule has 1 fully saturated rings. The molecule has 1 saturated heterocycles. The van der Waals surface area contributed by atoms with E-state index in [0.717, 1.165) is 6.42 Å². The van der Waals surface area contributed by atoms with Gasteiger partial charge in [-0.25, -0.2) is 8.42 Å². The number of hydrogen-bond donors (Lipinski definition) is 0. The van der Waals surface area contributed by atoms with Crippen molar-refractivity contribution in [3.05, 3.63) is 30.3 Å². The van der Waals surface area contributed by atoms with Crippen LogP contribution in [0.3, 0.4) is 0 Å². The Labute approximate surface area is 101 Å². The minimum atomic E-state index is -3.54. The third-order valence-corrected chi connectivity index (χ3v) is 5.17. The summed E-state index contributed by atoms with van der Waals surface area (Å²) in [4.78, 5) is 13.6. The number of carbonyl (C=O) groups is 1. The summed E-state index contributed by atoms with van der Waals surface area (Å²) in [5.74, 6) is -0.292. The summed E-state index contributed by atoms with van der Waals surface area (Å²) in [6.45, 7) is 0.639. The molecular weight excluding hydrogens is 238 g/mol. The number of carbonyl (C=O) groups excluding carboxylic acids is 1. The van der Waals surface area contributed by atoms with Crippen molar-refractivity contribution >= 4 is 15.7 Å². The molecule has 0 radical (unpaired) electrons. The van der Waals surface area contributed by atoms with Gasteiger partial charge in [-0.3, -0.25) is 4.79 Å². The van der Waals surface area contributed by atoms with E-state index in [1.54, 1.807) is 25.2 Å². The Morgan fingerprint density at radius 1 is 1.24 bits per heavy atom. The molecule has 0 aliphatic carbocycles. The van der Waals surface area contributed by atoms with Crippen LogP contribution in [0.15, 0.2) is 35.2 Å². The molecule has 1 aliphatic rings. The first kappa shape index (κ1) is 12.1. The summed E-state index contributed by atoms with van der Waals surface area (Å²) < 4.78 is 24.6. The normalized spacial score (nSPS) is 21.6. The van der Waals surface area contributed by atoms with Crippen LogP contribution in [0.25, 0.3) is 0 Å². The van der Waals surface area contributed by atoms with Gasteiger partial charge in [-0.2, -0.15) is 0 Å². The van der Waals surface area contributed by atoms with Crippen molar-refractivity contribution in [2.24, 2.45) is 0 Å². The quantitative estimate of drug-likeness (QED) is 0.792. The van der Waals surface area contributed by atoms with Gasteiger partial charge < -0.3 is 4.90 Å². The molecule has 4 nitrogen and oxygen atoms in total. The fourth-order valence-electron chi connectivity index (χ4n) is 2.06. The van der Waals surface area contributed by atoms with E-state index in [1.165, 1.54) is 17.0 Å². The molecule has 17 heavy (non-hydrogen) atoms. The second kappa shape index (κ2) is 4.49. The largest absolute Gasteiger partial charge is 0.345 e. The Morgan fingerprint density at radius 2 is 1.88 bits per heavy atom. The van der Waals surface area contributed by atoms with E-state index < -0.39 is 15.1 Å². The Kier molecular flexibility index (Phi) is 3.19. The lowest BCUT2D eigenvalue weighted by atomic mass is 10.1. The number of benzene rings is 1. The standard InChI is InChI=1S/C12H15NO3S/c1-13-9-5-8-11(12(13)14)17(15,16)10-6-3-2-4-7-10/h2-4,6-7,11H,5,8-9H2,1H3/t11-/m0/s1. The van der Waals surface area contributed by atoms with Crippen molar-refractivity contribution in [2.75, 3.05) is 13.6 Å². The van der Waals surface area contributed by atoms with Gasteiger partial charge in [-0.05, 0) is 25.0 Å². The Hall–Kier alpha value is -1.36. The zero-order valence-electron chi connectivity index (χ0n) is 9.67. The highest BCUT2D eigenvalue weighted by atomic mass is 32.2. The summed E-state index contributed by atoms with van der Waals surface area (Å²) >= 11 is 0. The van der Waals surface area contributed by atoms with Gasteiger partial charge in [-0.15, -0.1) is 0 Å². The SMILES string of the molecule is CN1CCC[C@H](S(=O)(=O)c2ccccc2)C1=O. The monoisotopic (exact) mass is 253 g/mol. The summed E-state index contributed by atoms with van der Waals surface area (Å²) in [6, 6.07) is 8.18. The molecule has 2 rings (SSSR count). The van der Waals surface area contributed by atoms with Gasteiger partial charge in [0, 0.05) is 13.6 Å². The van der Waals surface area contributed by atoms with Crippen LogP contribution in [-0.4, -0.2) is 38.1 Å². The van der Waals surface area contributed by atoms with Crippen LogP contribution in [0.4, 0.5) is 0 Å². The summed E-state index contributed by atoms with van der Waals surface area (Å²) in [5.41, 5.74) is 0. The van der Waals surface area contributed by atoms with E-state index in [1.807, 2.05) is 0 Å². The number of sulfone groups is 1. The lowest BCUT2D eigenvalue weighted by molar-refractivity contribution is -0.131. The van der Waals surface area contributed by atoms with Crippen LogP contribution in [0, 0.1) is 0 Å². The van der Waals surface area contributed by atoms with Crippen molar-refractivity contribution in [2.45, 2.75) is 23.0 Å². The molecule has 1 atom stereocenters. The molecule has 1 aromatic carbocycles. The number of rotatable bonds is 2. The van der Waals surface area contributed by atoms with E-state index in [2.05, 4.69) is 0 Å². The molecule has 0 N–H and O–H groups in total. The van der Waals surface area contributed by atoms with Gasteiger partial charge >= 0.3 is 0 Å². The highest BCUT2D eigenvalue weighted by Crippen LogP contribution is 2.23. The van der Waals surface area contributed by atoms with Crippen LogP contribution in [0.2, 0.25) is 0 Å². The Bertz CT molecular complexity index is 510. The van der Waals surface area contributed by atoms with Crippen molar-refractivity contribution in [3.8, 4) is 0 Å². The molecule has 0 aromatic heterocycles. The van der Waals surface area contributed by atoms with Crippen molar-refractivity contribution in [3.63, 3.8) is 0 Å². The molecule has 92 valence electrons. The molecule has 5 heteroatoms. The second-order valence-corrected chi connectivity index (χ2v) is 6.38. The van der Waals surface area contributed by atoms with Crippen LogP contribution in [0.1, 0.15) is 12.8 Å². The topological polar surface area (TPSA) is 54.5 Å². The van der Waals surface area contributed by atoms with E-state index in [4.69, 9.17) is 0 Å². The van der Waals surface area contributed by atoms with Crippen LogP contribution in [-0.2, 0) is 14.6 Å². The minimum Gasteiger partial charge on any atom is -0.345 e. The molecule has 1 amide bonds.